The summed E-state index contributed by atoms with van der Waals surface area (Å²) in [6.45, 7) is -0.0551. The van der Waals surface area contributed by atoms with Gasteiger partial charge in [-0.2, -0.15) is 0 Å². The summed E-state index contributed by atoms with van der Waals surface area (Å²) < 4.78 is 1.63. The standard InChI is InChI=1S/C11H11N3O2/c15-11(16)8-14-6-5-13-10(14)7-9-1-3-12-4-2-9/h1-6H,7-8H2,(H,15,16). The Morgan fingerprint density at radius 2 is 2.06 bits per heavy atom. The lowest BCUT2D eigenvalue weighted by molar-refractivity contribution is -0.137. The monoisotopic (exact) mass is 217 g/mol. The number of imidazole rings is 1. The largest absolute Gasteiger partial charge is 0.480 e. The number of hydrogen-bond donors (Lipinski definition) is 1. The van der Waals surface area contributed by atoms with Crippen LogP contribution in [0, 0.1) is 0 Å². The van der Waals surface area contributed by atoms with E-state index in [0.29, 0.717) is 6.42 Å². The minimum atomic E-state index is -0.867. The molecule has 16 heavy (non-hydrogen) atoms. The van der Waals surface area contributed by atoms with E-state index in [-0.39, 0.29) is 6.54 Å². The van der Waals surface area contributed by atoms with E-state index in [1.54, 1.807) is 29.4 Å². The molecule has 0 fully saturated rings. The molecule has 0 aromatic carbocycles. The van der Waals surface area contributed by atoms with Crippen molar-refractivity contribution in [1.29, 1.82) is 0 Å². The highest BCUT2D eigenvalue weighted by Crippen LogP contribution is 2.06. The Labute approximate surface area is 92.4 Å². The Hall–Kier alpha value is -2.17. The number of rotatable bonds is 4. The van der Waals surface area contributed by atoms with Crippen molar-refractivity contribution < 1.29 is 9.90 Å². The average molecular weight is 217 g/mol. The zero-order chi connectivity index (χ0) is 11.4. The second-order valence-electron chi connectivity index (χ2n) is 3.40. The van der Waals surface area contributed by atoms with Gasteiger partial charge in [0.15, 0.2) is 0 Å². The van der Waals surface area contributed by atoms with Crippen molar-refractivity contribution >= 4 is 5.97 Å². The van der Waals surface area contributed by atoms with E-state index in [4.69, 9.17) is 5.11 Å². The number of pyridine rings is 1. The molecule has 5 nitrogen and oxygen atoms in total. The lowest BCUT2D eigenvalue weighted by Crippen LogP contribution is -2.11. The highest BCUT2D eigenvalue weighted by atomic mass is 16.4. The molecule has 82 valence electrons. The zero-order valence-electron chi connectivity index (χ0n) is 8.58. The number of aromatic nitrogens is 3. The van der Waals surface area contributed by atoms with Gasteiger partial charge in [-0.1, -0.05) is 0 Å². The smallest absolute Gasteiger partial charge is 0.323 e. The van der Waals surface area contributed by atoms with Crippen molar-refractivity contribution in [3.05, 3.63) is 48.3 Å². The fraction of sp³-hybridized carbons (Fsp3) is 0.182. The van der Waals surface area contributed by atoms with Crippen LogP contribution >= 0.6 is 0 Å². The maximum Gasteiger partial charge on any atom is 0.323 e. The fourth-order valence-corrected chi connectivity index (χ4v) is 1.48. The maximum atomic E-state index is 10.6. The molecule has 0 saturated heterocycles. The Kier molecular flexibility index (Phi) is 2.95. The van der Waals surface area contributed by atoms with E-state index in [2.05, 4.69) is 9.97 Å². The van der Waals surface area contributed by atoms with Crippen molar-refractivity contribution in [1.82, 2.24) is 14.5 Å². The summed E-state index contributed by atoms with van der Waals surface area (Å²) in [7, 11) is 0. The average Bonchev–Trinajstić information content (AvgIpc) is 2.66. The van der Waals surface area contributed by atoms with Crippen LogP contribution < -0.4 is 0 Å². The molecule has 0 saturated carbocycles. The minimum absolute atomic E-state index is 0.0551. The lowest BCUT2D eigenvalue weighted by atomic mass is 10.2. The summed E-state index contributed by atoms with van der Waals surface area (Å²) in [5.41, 5.74) is 1.06. The number of carboxylic acids is 1. The Balaban J connectivity index is 2.16. The number of carbonyl (C=O) groups is 1. The number of nitrogens with zero attached hydrogens (tertiary/aromatic N) is 3. The van der Waals surface area contributed by atoms with E-state index in [0.717, 1.165) is 11.4 Å². The molecule has 0 bridgehead atoms. The van der Waals surface area contributed by atoms with Gasteiger partial charge in [0.2, 0.25) is 0 Å². The predicted molar refractivity (Wildman–Crippen MR) is 56.9 cm³/mol. The molecular weight excluding hydrogens is 206 g/mol. The van der Waals surface area contributed by atoms with Crippen LogP contribution in [0.15, 0.2) is 36.9 Å². The van der Waals surface area contributed by atoms with Gasteiger partial charge >= 0.3 is 5.97 Å². The Bertz CT molecular complexity index is 479. The van der Waals surface area contributed by atoms with Gasteiger partial charge in [0.1, 0.15) is 12.4 Å². The Morgan fingerprint density at radius 3 is 2.75 bits per heavy atom. The van der Waals surface area contributed by atoms with E-state index in [1.165, 1.54) is 0 Å². The molecule has 0 aliphatic heterocycles. The number of aliphatic carboxylic acids is 1. The van der Waals surface area contributed by atoms with E-state index >= 15 is 0 Å². The predicted octanol–water partition coefficient (Wildman–Crippen LogP) is 0.954. The SMILES string of the molecule is O=C(O)Cn1ccnc1Cc1ccncc1. The van der Waals surface area contributed by atoms with Crippen LogP contribution in [-0.4, -0.2) is 25.6 Å². The second-order valence-corrected chi connectivity index (χ2v) is 3.40. The van der Waals surface area contributed by atoms with Crippen LogP contribution in [0.4, 0.5) is 0 Å². The van der Waals surface area contributed by atoms with E-state index in [1.807, 2.05) is 12.1 Å². The molecule has 0 spiro atoms. The van der Waals surface area contributed by atoms with Gasteiger partial charge in [0, 0.05) is 31.2 Å². The summed E-state index contributed by atoms with van der Waals surface area (Å²) in [5, 5.41) is 8.72. The number of hydrogen-bond acceptors (Lipinski definition) is 3. The molecule has 2 heterocycles. The van der Waals surface area contributed by atoms with Crippen LogP contribution in [-0.2, 0) is 17.8 Å². The van der Waals surface area contributed by atoms with Gasteiger partial charge in [-0.05, 0) is 17.7 Å². The topological polar surface area (TPSA) is 68.0 Å². The third-order valence-electron chi connectivity index (χ3n) is 2.22. The molecule has 2 aromatic rings. The molecule has 5 heteroatoms. The zero-order valence-corrected chi connectivity index (χ0v) is 8.58. The molecule has 1 N–H and O–H groups in total. The van der Waals surface area contributed by atoms with Crippen LogP contribution in [0.1, 0.15) is 11.4 Å². The van der Waals surface area contributed by atoms with Gasteiger partial charge < -0.3 is 9.67 Å². The van der Waals surface area contributed by atoms with Crippen LogP contribution in [0.2, 0.25) is 0 Å². The third-order valence-corrected chi connectivity index (χ3v) is 2.22. The van der Waals surface area contributed by atoms with Crippen molar-refractivity contribution in [2.45, 2.75) is 13.0 Å². The first-order valence-electron chi connectivity index (χ1n) is 4.86. The van der Waals surface area contributed by atoms with E-state index < -0.39 is 5.97 Å². The van der Waals surface area contributed by atoms with E-state index in [9.17, 15) is 4.79 Å². The molecule has 0 aliphatic rings. The van der Waals surface area contributed by atoms with Crippen molar-refractivity contribution in [3.8, 4) is 0 Å². The first-order chi connectivity index (χ1) is 7.75. The van der Waals surface area contributed by atoms with Gasteiger partial charge in [-0.3, -0.25) is 9.78 Å². The number of carboxylic acid groups (broad SMARTS) is 1. The van der Waals surface area contributed by atoms with Gasteiger partial charge in [0.05, 0.1) is 0 Å². The normalized spacial score (nSPS) is 10.2. The fourth-order valence-electron chi connectivity index (χ4n) is 1.48. The molecule has 0 atom stereocenters. The van der Waals surface area contributed by atoms with Gasteiger partial charge in [0.25, 0.3) is 0 Å². The minimum Gasteiger partial charge on any atom is -0.480 e. The summed E-state index contributed by atoms with van der Waals surface area (Å²) in [6.07, 6.45) is 7.31. The van der Waals surface area contributed by atoms with Crippen molar-refractivity contribution in [2.24, 2.45) is 0 Å². The van der Waals surface area contributed by atoms with Crippen LogP contribution in [0.5, 0.6) is 0 Å². The van der Waals surface area contributed by atoms with Crippen molar-refractivity contribution in [3.63, 3.8) is 0 Å². The van der Waals surface area contributed by atoms with Gasteiger partial charge in [-0.15, -0.1) is 0 Å². The van der Waals surface area contributed by atoms with Crippen LogP contribution in [0.25, 0.3) is 0 Å². The first-order valence-corrected chi connectivity index (χ1v) is 4.86. The first kappa shape index (κ1) is 10.4. The second kappa shape index (κ2) is 4.57. The van der Waals surface area contributed by atoms with Crippen molar-refractivity contribution in [2.75, 3.05) is 0 Å². The van der Waals surface area contributed by atoms with Crippen LogP contribution in [0.3, 0.4) is 0 Å². The lowest BCUT2D eigenvalue weighted by Gasteiger charge is -2.04. The summed E-state index contributed by atoms with van der Waals surface area (Å²) in [5.74, 6) is -0.123. The van der Waals surface area contributed by atoms with Gasteiger partial charge in [-0.25, -0.2) is 4.98 Å². The quantitative estimate of drug-likeness (QED) is 0.828. The molecular formula is C11H11N3O2. The molecule has 2 rings (SSSR count). The highest BCUT2D eigenvalue weighted by molar-refractivity contribution is 5.66. The summed E-state index contributed by atoms with van der Waals surface area (Å²) >= 11 is 0. The third kappa shape index (κ3) is 2.44. The Morgan fingerprint density at radius 1 is 1.31 bits per heavy atom. The molecule has 0 amide bonds. The summed E-state index contributed by atoms with van der Waals surface area (Å²) in [6, 6.07) is 3.78. The molecule has 0 radical (unpaired) electrons. The molecule has 0 unspecified atom stereocenters. The molecule has 2 aromatic heterocycles. The molecule has 0 aliphatic carbocycles. The maximum absolute atomic E-state index is 10.6. The summed E-state index contributed by atoms with van der Waals surface area (Å²) in [4.78, 5) is 18.7. The highest BCUT2D eigenvalue weighted by Gasteiger charge is 2.06.